The summed E-state index contributed by atoms with van der Waals surface area (Å²) in [5.41, 5.74) is 8.53. The average Bonchev–Trinajstić information content (AvgIpc) is 2.87. The number of aromatic nitrogens is 3. The van der Waals surface area contributed by atoms with E-state index in [4.69, 9.17) is 10.2 Å². The molecule has 3 rings (SSSR count). The Bertz CT molecular complexity index is 658. The van der Waals surface area contributed by atoms with E-state index in [9.17, 15) is 0 Å². The highest BCUT2D eigenvalue weighted by Crippen LogP contribution is 2.25. The van der Waals surface area contributed by atoms with Crippen LogP contribution in [-0.4, -0.2) is 15.0 Å². The topological polar surface area (TPSA) is 77.8 Å². The minimum absolute atomic E-state index is 0.321. The summed E-state index contributed by atoms with van der Waals surface area (Å²) in [7, 11) is 0. The number of hydrogen-bond donors (Lipinski definition) is 1. The second-order valence-corrected chi connectivity index (χ2v) is 3.73. The number of nitrogen functional groups attached to an aromatic ring is 1. The van der Waals surface area contributed by atoms with Crippen LogP contribution in [0, 0.1) is 6.92 Å². The molecular weight excluding hydrogens is 240 g/mol. The van der Waals surface area contributed by atoms with Crippen molar-refractivity contribution in [3.05, 3.63) is 36.2 Å². The summed E-state index contributed by atoms with van der Waals surface area (Å²) in [6.07, 6.45) is 1.61. The lowest BCUT2D eigenvalue weighted by Crippen LogP contribution is -1.98. The molecule has 2 aromatic heterocycles. The number of hydrogen-bond acceptors (Lipinski definition) is 5. The van der Waals surface area contributed by atoms with Gasteiger partial charge in [0, 0.05) is 0 Å². The Morgan fingerprint density at radius 1 is 1.11 bits per heavy atom. The number of aryl methyl sites for hydroxylation is 1. The van der Waals surface area contributed by atoms with E-state index in [0.29, 0.717) is 23.0 Å². The van der Waals surface area contributed by atoms with Crippen molar-refractivity contribution < 1.29 is 4.42 Å². The van der Waals surface area contributed by atoms with Crippen LogP contribution in [0.2, 0.25) is 0 Å². The molecule has 0 radical (unpaired) electrons. The third kappa shape index (κ3) is 2.54. The molecule has 2 N–H and O–H groups in total. The Kier molecular flexibility index (Phi) is 3.75. The number of rotatable bonds is 1. The zero-order valence-electron chi connectivity index (χ0n) is 11.2. The molecule has 5 nitrogen and oxygen atoms in total. The van der Waals surface area contributed by atoms with Gasteiger partial charge in [-0.05, 0) is 19.1 Å². The highest BCUT2D eigenvalue weighted by Gasteiger charge is 2.13. The zero-order chi connectivity index (χ0) is 13.8. The van der Waals surface area contributed by atoms with Gasteiger partial charge in [-0.2, -0.15) is 0 Å². The summed E-state index contributed by atoms with van der Waals surface area (Å²) in [6, 6.07) is 7.52. The monoisotopic (exact) mass is 256 g/mol. The number of para-hydroxylation sites is 2. The SMILES string of the molecule is CC.Cc1cnc(N)c(-c2nc3ccccc3o2)n1. The largest absolute Gasteiger partial charge is 0.435 e. The normalized spacial score (nSPS) is 10.1. The van der Waals surface area contributed by atoms with Gasteiger partial charge in [0.25, 0.3) is 0 Å². The van der Waals surface area contributed by atoms with Crippen molar-refractivity contribution in [1.29, 1.82) is 0 Å². The van der Waals surface area contributed by atoms with E-state index in [0.717, 1.165) is 11.2 Å². The Labute approximate surface area is 111 Å². The fourth-order valence-corrected chi connectivity index (χ4v) is 1.62. The average molecular weight is 256 g/mol. The van der Waals surface area contributed by atoms with Gasteiger partial charge in [-0.25, -0.2) is 15.0 Å². The number of anilines is 1. The number of benzene rings is 1. The summed E-state index contributed by atoms with van der Waals surface area (Å²) in [4.78, 5) is 12.7. The summed E-state index contributed by atoms with van der Waals surface area (Å²) in [5.74, 6) is 0.724. The first-order chi connectivity index (χ1) is 9.24. The first-order valence-electron chi connectivity index (χ1n) is 6.19. The fraction of sp³-hybridized carbons (Fsp3) is 0.214. The molecule has 3 aromatic rings. The van der Waals surface area contributed by atoms with Crippen LogP contribution in [0.15, 0.2) is 34.9 Å². The first kappa shape index (κ1) is 13.0. The van der Waals surface area contributed by atoms with Gasteiger partial charge in [-0.1, -0.05) is 26.0 Å². The van der Waals surface area contributed by atoms with Crippen LogP contribution in [0.25, 0.3) is 22.7 Å². The van der Waals surface area contributed by atoms with Crippen LogP contribution in [-0.2, 0) is 0 Å². The van der Waals surface area contributed by atoms with Gasteiger partial charge in [0.15, 0.2) is 17.1 Å². The molecule has 0 aliphatic carbocycles. The molecule has 0 fully saturated rings. The molecule has 0 spiro atoms. The van der Waals surface area contributed by atoms with Gasteiger partial charge in [0.2, 0.25) is 5.89 Å². The maximum atomic E-state index is 5.77. The van der Waals surface area contributed by atoms with Crippen molar-refractivity contribution in [2.24, 2.45) is 0 Å². The van der Waals surface area contributed by atoms with Gasteiger partial charge < -0.3 is 10.2 Å². The molecule has 0 saturated heterocycles. The Morgan fingerprint density at radius 2 is 1.84 bits per heavy atom. The summed E-state index contributed by atoms with van der Waals surface area (Å²) in [6.45, 7) is 5.85. The molecule has 1 aromatic carbocycles. The second kappa shape index (κ2) is 5.48. The highest BCUT2D eigenvalue weighted by molar-refractivity contribution is 5.77. The molecule has 0 aliphatic rings. The van der Waals surface area contributed by atoms with Crippen molar-refractivity contribution in [2.45, 2.75) is 20.8 Å². The first-order valence-corrected chi connectivity index (χ1v) is 6.19. The van der Waals surface area contributed by atoms with Crippen LogP contribution < -0.4 is 5.73 Å². The van der Waals surface area contributed by atoms with E-state index in [2.05, 4.69) is 15.0 Å². The van der Waals surface area contributed by atoms with Crippen molar-refractivity contribution in [3.63, 3.8) is 0 Å². The van der Waals surface area contributed by atoms with Crippen molar-refractivity contribution in [1.82, 2.24) is 15.0 Å². The molecule has 2 heterocycles. The van der Waals surface area contributed by atoms with Gasteiger partial charge in [-0.3, -0.25) is 0 Å². The van der Waals surface area contributed by atoms with Gasteiger partial charge in [0.05, 0.1) is 11.9 Å². The number of nitrogens with zero attached hydrogens (tertiary/aromatic N) is 3. The zero-order valence-corrected chi connectivity index (χ0v) is 11.2. The quantitative estimate of drug-likeness (QED) is 0.723. The molecular formula is C14H16N4O. The van der Waals surface area contributed by atoms with Crippen LogP contribution in [0.4, 0.5) is 5.82 Å². The molecule has 5 heteroatoms. The van der Waals surface area contributed by atoms with Crippen LogP contribution in [0.3, 0.4) is 0 Å². The number of nitrogens with two attached hydrogens (primary N) is 1. The minimum atomic E-state index is 0.321. The standard InChI is InChI=1S/C12H10N4O.C2H6/c1-7-6-14-11(13)10(15-7)12-16-8-4-2-3-5-9(8)17-12;1-2/h2-6H,1H3,(H2,13,14);1-2H3. The Morgan fingerprint density at radius 3 is 2.58 bits per heavy atom. The molecule has 0 unspecified atom stereocenters. The molecule has 0 amide bonds. The van der Waals surface area contributed by atoms with Crippen molar-refractivity contribution in [3.8, 4) is 11.6 Å². The van der Waals surface area contributed by atoms with Crippen LogP contribution in [0.5, 0.6) is 0 Å². The van der Waals surface area contributed by atoms with Gasteiger partial charge in [-0.15, -0.1) is 0 Å². The predicted molar refractivity (Wildman–Crippen MR) is 75.5 cm³/mol. The second-order valence-electron chi connectivity index (χ2n) is 3.73. The maximum Gasteiger partial charge on any atom is 0.250 e. The van der Waals surface area contributed by atoms with Crippen LogP contribution >= 0.6 is 0 Å². The summed E-state index contributed by atoms with van der Waals surface area (Å²) >= 11 is 0. The summed E-state index contributed by atoms with van der Waals surface area (Å²) in [5, 5.41) is 0. The smallest absolute Gasteiger partial charge is 0.250 e. The maximum absolute atomic E-state index is 5.77. The molecule has 19 heavy (non-hydrogen) atoms. The van der Waals surface area contributed by atoms with E-state index in [-0.39, 0.29) is 0 Å². The molecule has 0 bridgehead atoms. The Balaban J connectivity index is 0.000000637. The lowest BCUT2D eigenvalue weighted by atomic mass is 10.3. The number of oxazole rings is 1. The molecule has 0 atom stereocenters. The lowest BCUT2D eigenvalue weighted by Gasteiger charge is -1.99. The third-order valence-corrected chi connectivity index (χ3v) is 2.42. The van der Waals surface area contributed by atoms with E-state index in [1.807, 2.05) is 45.0 Å². The minimum Gasteiger partial charge on any atom is -0.435 e. The predicted octanol–water partition coefficient (Wildman–Crippen LogP) is 3.20. The molecule has 98 valence electrons. The van der Waals surface area contributed by atoms with E-state index in [1.54, 1.807) is 6.20 Å². The van der Waals surface area contributed by atoms with E-state index in [1.165, 1.54) is 0 Å². The van der Waals surface area contributed by atoms with E-state index >= 15 is 0 Å². The fourth-order valence-electron chi connectivity index (χ4n) is 1.62. The molecule has 0 aliphatic heterocycles. The van der Waals surface area contributed by atoms with Crippen LogP contribution in [0.1, 0.15) is 19.5 Å². The van der Waals surface area contributed by atoms with Gasteiger partial charge >= 0.3 is 0 Å². The Hall–Kier alpha value is -2.43. The van der Waals surface area contributed by atoms with E-state index < -0.39 is 0 Å². The molecule has 0 saturated carbocycles. The lowest BCUT2D eigenvalue weighted by molar-refractivity contribution is 0.616. The van der Waals surface area contributed by atoms with Gasteiger partial charge in [0.1, 0.15) is 5.52 Å². The summed E-state index contributed by atoms with van der Waals surface area (Å²) < 4.78 is 5.60. The highest BCUT2D eigenvalue weighted by atomic mass is 16.3. The third-order valence-electron chi connectivity index (χ3n) is 2.42. The van der Waals surface area contributed by atoms with Crippen molar-refractivity contribution >= 4 is 16.9 Å². The number of fused-ring (bicyclic) bond motifs is 1. The van der Waals surface area contributed by atoms with Crippen molar-refractivity contribution in [2.75, 3.05) is 5.73 Å².